The average Bonchev–Trinajstić information content (AvgIpc) is 3.12. The summed E-state index contributed by atoms with van der Waals surface area (Å²) >= 11 is 0. The minimum atomic E-state index is -0.0127. The molecule has 3 nitrogen and oxygen atoms in total. The Labute approximate surface area is 167 Å². The van der Waals surface area contributed by atoms with E-state index in [0.717, 1.165) is 22.4 Å². The zero-order chi connectivity index (χ0) is 19.1. The molecule has 0 unspecified atom stereocenters. The Hall–Kier alpha value is -3.97. The number of rotatable bonds is 0. The van der Waals surface area contributed by atoms with E-state index >= 15 is 0 Å². The van der Waals surface area contributed by atoms with Crippen molar-refractivity contribution in [1.82, 2.24) is 4.57 Å². The first-order chi connectivity index (χ1) is 14.4. The van der Waals surface area contributed by atoms with Crippen LogP contribution in [0.2, 0.25) is 0 Å². The molecule has 29 heavy (non-hydrogen) atoms. The Morgan fingerprint density at radius 3 is 2.52 bits per heavy atom. The number of hydrogen-bond donors (Lipinski definition) is 0. The summed E-state index contributed by atoms with van der Waals surface area (Å²) in [5.41, 5.74) is 7.57. The summed E-state index contributed by atoms with van der Waals surface area (Å²) in [4.78, 5) is 0. The third-order valence-electron chi connectivity index (χ3n) is 6.31. The fraction of sp³-hybridized carbons (Fsp3) is 0. The predicted molar refractivity (Wildman–Crippen MR) is 117 cm³/mol. The smallest absolute Gasteiger partial charge is 0.258 e. The van der Waals surface area contributed by atoms with Crippen LogP contribution in [0.5, 0.6) is 11.5 Å². The molecule has 4 heteroatoms. The van der Waals surface area contributed by atoms with Gasteiger partial charge in [0.15, 0.2) is 0 Å². The molecule has 0 spiro atoms. The SMILES string of the molecule is N#Cc1cccc2c1B1c3ccccc3-n3c4ccccc4c4ccc(c1c43)O2. The number of nitrogens with zero attached hydrogens (tertiary/aromatic N) is 2. The lowest BCUT2D eigenvalue weighted by Crippen LogP contribution is -2.59. The maximum absolute atomic E-state index is 9.84. The molecule has 0 fully saturated rings. The molecule has 132 valence electrons. The predicted octanol–water partition coefficient (Wildman–Crippen LogP) is 3.59. The molecule has 0 saturated carbocycles. The summed E-state index contributed by atoms with van der Waals surface area (Å²) < 4.78 is 8.69. The molecule has 0 aliphatic carbocycles. The first-order valence-electron chi connectivity index (χ1n) is 9.73. The van der Waals surface area contributed by atoms with E-state index in [9.17, 15) is 5.26 Å². The summed E-state index contributed by atoms with van der Waals surface area (Å²) in [7, 11) is 0. The van der Waals surface area contributed by atoms with Crippen molar-refractivity contribution >= 4 is 44.9 Å². The summed E-state index contributed by atoms with van der Waals surface area (Å²) in [6, 6.07) is 29.5. The van der Waals surface area contributed by atoms with Crippen LogP contribution in [-0.2, 0) is 0 Å². The third-order valence-corrected chi connectivity index (χ3v) is 6.31. The van der Waals surface area contributed by atoms with E-state index in [0.29, 0.717) is 5.56 Å². The summed E-state index contributed by atoms with van der Waals surface area (Å²) in [5.74, 6) is 1.66. The Bertz CT molecular complexity index is 1560. The number of nitriles is 1. The Balaban J connectivity index is 1.76. The summed E-state index contributed by atoms with van der Waals surface area (Å²) in [6.45, 7) is -0.0127. The molecule has 0 amide bonds. The number of benzene rings is 4. The van der Waals surface area contributed by atoms with Gasteiger partial charge in [0.2, 0.25) is 0 Å². The fourth-order valence-electron chi connectivity index (χ4n) is 5.22. The van der Waals surface area contributed by atoms with Crippen molar-refractivity contribution in [2.24, 2.45) is 0 Å². The molecule has 2 aliphatic heterocycles. The highest BCUT2D eigenvalue weighted by molar-refractivity contribution is 6.99. The van der Waals surface area contributed by atoms with E-state index in [-0.39, 0.29) is 6.71 Å². The molecule has 2 aliphatic rings. The highest BCUT2D eigenvalue weighted by atomic mass is 16.5. The Morgan fingerprint density at radius 1 is 0.759 bits per heavy atom. The van der Waals surface area contributed by atoms with Gasteiger partial charge in [-0.15, -0.1) is 0 Å². The molecule has 0 saturated heterocycles. The first kappa shape index (κ1) is 15.0. The zero-order valence-corrected chi connectivity index (χ0v) is 15.4. The molecule has 1 aromatic heterocycles. The maximum atomic E-state index is 9.84. The largest absolute Gasteiger partial charge is 0.458 e. The highest BCUT2D eigenvalue weighted by Crippen LogP contribution is 2.38. The minimum Gasteiger partial charge on any atom is -0.458 e. The number of aromatic nitrogens is 1. The van der Waals surface area contributed by atoms with Gasteiger partial charge in [0.1, 0.15) is 11.5 Å². The van der Waals surface area contributed by atoms with E-state index in [1.807, 2.05) is 18.2 Å². The monoisotopic (exact) mass is 368 g/mol. The van der Waals surface area contributed by atoms with Crippen molar-refractivity contribution in [2.45, 2.75) is 0 Å². The average molecular weight is 368 g/mol. The van der Waals surface area contributed by atoms with Crippen LogP contribution in [0.25, 0.3) is 27.5 Å². The molecule has 0 atom stereocenters. The van der Waals surface area contributed by atoms with Crippen LogP contribution < -0.4 is 21.1 Å². The van der Waals surface area contributed by atoms with Crippen LogP contribution >= 0.6 is 0 Å². The Kier molecular flexibility index (Phi) is 2.64. The number of fused-ring (bicyclic) bond motifs is 8. The van der Waals surface area contributed by atoms with Crippen molar-refractivity contribution < 1.29 is 4.74 Å². The van der Waals surface area contributed by atoms with Crippen LogP contribution in [-0.4, -0.2) is 11.3 Å². The molecule has 5 aromatic rings. The van der Waals surface area contributed by atoms with E-state index < -0.39 is 0 Å². The molecule has 7 rings (SSSR count). The van der Waals surface area contributed by atoms with Gasteiger partial charge in [-0.3, -0.25) is 0 Å². The van der Waals surface area contributed by atoms with Gasteiger partial charge in [-0.05, 0) is 52.8 Å². The van der Waals surface area contributed by atoms with Crippen LogP contribution in [0, 0.1) is 11.3 Å². The first-order valence-corrected chi connectivity index (χ1v) is 9.73. The van der Waals surface area contributed by atoms with Crippen molar-refractivity contribution in [3.8, 4) is 23.3 Å². The highest BCUT2D eigenvalue weighted by Gasteiger charge is 2.41. The molecule has 0 radical (unpaired) electrons. The van der Waals surface area contributed by atoms with Gasteiger partial charge in [-0.1, -0.05) is 42.5 Å². The van der Waals surface area contributed by atoms with Crippen molar-refractivity contribution in [3.63, 3.8) is 0 Å². The maximum Gasteiger partial charge on any atom is 0.258 e. The standard InChI is InChI=1S/C25H13BN2O/c27-14-15-6-5-11-21-23(15)26-18-8-2-4-10-20(18)28-19-9-3-1-7-16(19)17-12-13-22(29-21)24(26)25(17)28/h1-13H. The normalized spacial score (nSPS) is 13.0. The van der Waals surface area contributed by atoms with Gasteiger partial charge in [-0.2, -0.15) is 5.26 Å². The van der Waals surface area contributed by atoms with Gasteiger partial charge in [0, 0.05) is 16.5 Å². The van der Waals surface area contributed by atoms with Gasteiger partial charge in [-0.25, -0.2) is 0 Å². The van der Waals surface area contributed by atoms with Crippen LogP contribution in [0.4, 0.5) is 0 Å². The summed E-state index contributed by atoms with van der Waals surface area (Å²) in [5, 5.41) is 12.3. The quantitative estimate of drug-likeness (QED) is 0.384. The molecule has 3 heterocycles. The number of ether oxygens (including phenoxy) is 1. The molecule has 0 bridgehead atoms. The molecule has 4 aromatic carbocycles. The molecular weight excluding hydrogens is 355 g/mol. The van der Waals surface area contributed by atoms with Gasteiger partial charge >= 0.3 is 0 Å². The lowest BCUT2D eigenvalue weighted by molar-refractivity contribution is 0.488. The Morgan fingerprint density at radius 2 is 1.59 bits per heavy atom. The van der Waals surface area contributed by atoms with Crippen molar-refractivity contribution in [2.75, 3.05) is 0 Å². The molecular formula is C25H13BN2O. The van der Waals surface area contributed by atoms with Crippen molar-refractivity contribution in [1.29, 1.82) is 5.26 Å². The minimum absolute atomic E-state index is 0.0127. The molecule has 0 N–H and O–H groups in total. The van der Waals surface area contributed by atoms with E-state index in [2.05, 4.69) is 71.3 Å². The van der Waals surface area contributed by atoms with E-state index in [4.69, 9.17) is 4.74 Å². The van der Waals surface area contributed by atoms with Crippen molar-refractivity contribution in [3.05, 3.63) is 84.4 Å². The van der Waals surface area contributed by atoms with Gasteiger partial charge in [0.25, 0.3) is 6.71 Å². The van der Waals surface area contributed by atoms with Gasteiger partial charge < -0.3 is 9.30 Å². The summed E-state index contributed by atoms with van der Waals surface area (Å²) in [6.07, 6.45) is 0. The zero-order valence-electron chi connectivity index (χ0n) is 15.4. The van der Waals surface area contributed by atoms with Crippen LogP contribution in [0.1, 0.15) is 5.56 Å². The third kappa shape index (κ3) is 1.69. The number of para-hydroxylation sites is 2. The van der Waals surface area contributed by atoms with Crippen LogP contribution in [0.15, 0.2) is 78.9 Å². The fourth-order valence-corrected chi connectivity index (χ4v) is 5.22. The van der Waals surface area contributed by atoms with Gasteiger partial charge in [0.05, 0.1) is 22.7 Å². The van der Waals surface area contributed by atoms with E-state index in [1.165, 1.54) is 33.0 Å². The number of hydrogen-bond acceptors (Lipinski definition) is 2. The van der Waals surface area contributed by atoms with Crippen LogP contribution in [0.3, 0.4) is 0 Å². The van der Waals surface area contributed by atoms with E-state index in [1.54, 1.807) is 0 Å². The topological polar surface area (TPSA) is 38.0 Å². The second-order valence-electron chi connectivity index (χ2n) is 7.65. The lowest BCUT2D eigenvalue weighted by Gasteiger charge is -2.33. The lowest BCUT2D eigenvalue weighted by atomic mass is 9.34. The second kappa shape index (κ2) is 5.09. The second-order valence-corrected chi connectivity index (χ2v) is 7.65.